The van der Waals surface area contributed by atoms with Crippen molar-refractivity contribution in [3.05, 3.63) is 65.7 Å². The van der Waals surface area contributed by atoms with Crippen LogP contribution in [0.3, 0.4) is 0 Å². The van der Waals surface area contributed by atoms with Crippen LogP contribution >= 0.6 is 12.4 Å². The number of nitrogens with one attached hydrogen (secondary N) is 1. The smallest absolute Gasteiger partial charge is 0.251 e. The normalized spacial score (nSPS) is 10.4. The van der Waals surface area contributed by atoms with Gasteiger partial charge in [-0.3, -0.25) is 4.79 Å². The Bertz CT molecular complexity index is 673. The van der Waals surface area contributed by atoms with Crippen LogP contribution in [0, 0.1) is 0 Å². The fraction of sp³-hybridized carbons (Fsp3) is 0.458. The van der Waals surface area contributed by atoms with Crippen LogP contribution in [0.5, 0.6) is 5.75 Å². The van der Waals surface area contributed by atoms with E-state index in [1.54, 1.807) is 0 Å². The second-order valence-corrected chi connectivity index (χ2v) is 6.95. The summed E-state index contributed by atoms with van der Waals surface area (Å²) in [7, 11) is 0. The predicted octanol–water partition coefficient (Wildman–Crippen LogP) is 4.97. The molecular weight excluding hydrogens is 384 g/mol. The Morgan fingerprint density at radius 2 is 1.62 bits per heavy atom. The van der Waals surface area contributed by atoms with E-state index in [9.17, 15) is 4.79 Å². The molecule has 0 saturated carbocycles. The molecule has 0 saturated heterocycles. The molecule has 1 N–H and O–H groups in total. The third-order valence-corrected chi connectivity index (χ3v) is 4.95. The van der Waals surface area contributed by atoms with E-state index in [2.05, 4.69) is 54.4 Å². The molecule has 0 fully saturated rings. The lowest BCUT2D eigenvalue weighted by molar-refractivity contribution is 0.0949. The highest BCUT2D eigenvalue weighted by molar-refractivity contribution is 5.94. The lowest BCUT2D eigenvalue weighted by atomic mass is 10.1. The third-order valence-electron chi connectivity index (χ3n) is 4.95. The summed E-state index contributed by atoms with van der Waals surface area (Å²) in [6, 6.07) is 18.0. The number of amides is 1. The molecule has 0 aliphatic rings. The molecular formula is C24H35ClN2O2. The molecule has 0 bridgehead atoms. The summed E-state index contributed by atoms with van der Waals surface area (Å²) in [4.78, 5) is 14.5. The number of likely N-dealkylation sites (N-methyl/N-ethyl adjacent to an activating group) is 1. The molecule has 0 unspecified atom stereocenters. The fourth-order valence-electron chi connectivity index (χ4n) is 3.11. The maximum Gasteiger partial charge on any atom is 0.251 e. The van der Waals surface area contributed by atoms with E-state index in [-0.39, 0.29) is 18.3 Å². The van der Waals surface area contributed by atoms with Crippen LogP contribution in [-0.4, -0.2) is 43.6 Å². The van der Waals surface area contributed by atoms with Gasteiger partial charge in [0.15, 0.2) is 0 Å². The van der Waals surface area contributed by atoms with Gasteiger partial charge in [-0.1, -0.05) is 44.2 Å². The SMILES string of the molecule is CCN(CC)CCNC(=O)c1ccc(OCCCCCc2ccccc2)cc1.Cl. The monoisotopic (exact) mass is 418 g/mol. The number of nitrogens with zero attached hydrogens (tertiary/aromatic N) is 1. The maximum atomic E-state index is 12.2. The standard InChI is InChI=1S/C24H34N2O2.ClH/c1-3-26(4-2)19-18-25-24(27)22-14-16-23(17-15-22)28-20-10-6-9-13-21-11-7-5-8-12-21;/h5,7-8,11-12,14-17H,3-4,6,9-10,13,18-20H2,1-2H3,(H,25,27);1H. The van der Waals surface area contributed by atoms with Gasteiger partial charge < -0.3 is 15.0 Å². The zero-order chi connectivity index (χ0) is 20.0. The van der Waals surface area contributed by atoms with Gasteiger partial charge in [-0.05, 0) is 68.6 Å². The van der Waals surface area contributed by atoms with Gasteiger partial charge >= 0.3 is 0 Å². The summed E-state index contributed by atoms with van der Waals surface area (Å²) < 4.78 is 5.80. The molecule has 0 heterocycles. The van der Waals surface area contributed by atoms with Gasteiger partial charge in [-0.15, -0.1) is 12.4 Å². The van der Waals surface area contributed by atoms with Crippen molar-refractivity contribution in [2.24, 2.45) is 0 Å². The minimum atomic E-state index is -0.0281. The van der Waals surface area contributed by atoms with Gasteiger partial charge in [0.2, 0.25) is 0 Å². The van der Waals surface area contributed by atoms with Crippen molar-refractivity contribution in [3.8, 4) is 5.75 Å². The van der Waals surface area contributed by atoms with Crippen molar-refractivity contribution in [1.82, 2.24) is 10.2 Å². The molecule has 29 heavy (non-hydrogen) atoms. The summed E-state index contributed by atoms with van der Waals surface area (Å²) in [5.74, 6) is 0.794. The summed E-state index contributed by atoms with van der Waals surface area (Å²) in [6.07, 6.45) is 4.50. The predicted molar refractivity (Wildman–Crippen MR) is 123 cm³/mol. The number of aryl methyl sites for hydroxylation is 1. The lowest BCUT2D eigenvalue weighted by Crippen LogP contribution is -2.34. The van der Waals surface area contributed by atoms with Crippen molar-refractivity contribution < 1.29 is 9.53 Å². The zero-order valence-corrected chi connectivity index (χ0v) is 18.5. The van der Waals surface area contributed by atoms with E-state index in [0.29, 0.717) is 18.7 Å². The molecule has 0 aliphatic heterocycles. The quantitative estimate of drug-likeness (QED) is 0.467. The van der Waals surface area contributed by atoms with Gasteiger partial charge in [0, 0.05) is 18.7 Å². The van der Waals surface area contributed by atoms with Gasteiger partial charge in [0.1, 0.15) is 5.75 Å². The van der Waals surface area contributed by atoms with E-state index in [1.807, 2.05) is 24.3 Å². The Morgan fingerprint density at radius 1 is 0.931 bits per heavy atom. The number of carbonyl (C=O) groups excluding carboxylic acids is 1. The lowest BCUT2D eigenvalue weighted by Gasteiger charge is -2.17. The number of unbranched alkanes of at least 4 members (excludes halogenated alkanes) is 2. The molecule has 4 nitrogen and oxygen atoms in total. The summed E-state index contributed by atoms with van der Waals surface area (Å²) in [5.41, 5.74) is 2.07. The van der Waals surface area contributed by atoms with E-state index in [0.717, 1.165) is 44.6 Å². The molecule has 0 spiro atoms. The topological polar surface area (TPSA) is 41.6 Å². The van der Waals surface area contributed by atoms with Crippen molar-refractivity contribution in [3.63, 3.8) is 0 Å². The fourth-order valence-corrected chi connectivity index (χ4v) is 3.11. The van der Waals surface area contributed by atoms with Crippen molar-refractivity contribution in [1.29, 1.82) is 0 Å². The van der Waals surface area contributed by atoms with Gasteiger partial charge in [0.25, 0.3) is 5.91 Å². The van der Waals surface area contributed by atoms with Crippen molar-refractivity contribution >= 4 is 18.3 Å². The van der Waals surface area contributed by atoms with Gasteiger partial charge in [-0.2, -0.15) is 0 Å². The number of carbonyl (C=O) groups is 1. The van der Waals surface area contributed by atoms with Crippen LogP contribution in [0.25, 0.3) is 0 Å². The number of hydrogen-bond acceptors (Lipinski definition) is 3. The molecule has 5 heteroatoms. The van der Waals surface area contributed by atoms with E-state index < -0.39 is 0 Å². The second kappa shape index (κ2) is 14.9. The first-order chi connectivity index (χ1) is 13.7. The van der Waals surface area contributed by atoms with E-state index in [1.165, 1.54) is 12.0 Å². The molecule has 2 rings (SSSR count). The highest BCUT2D eigenvalue weighted by atomic mass is 35.5. The molecule has 2 aromatic rings. The first-order valence-electron chi connectivity index (χ1n) is 10.5. The van der Waals surface area contributed by atoms with Gasteiger partial charge in [0.05, 0.1) is 6.61 Å². The Kier molecular flexibility index (Phi) is 12.8. The second-order valence-electron chi connectivity index (χ2n) is 6.95. The molecule has 160 valence electrons. The Labute approximate surface area is 182 Å². The van der Waals surface area contributed by atoms with Crippen LogP contribution in [-0.2, 0) is 6.42 Å². The highest BCUT2D eigenvalue weighted by Crippen LogP contribution is 2.13. The van der Waals surface area contributed by atoms with Crippen LogP contribution in [0.1, 0.15) is 49.0 Å². The summed E-state index contributed by atoms with van der Waals surface area (Å²) in [5, 5.41) is 2.98. The Morgan fingerprint density at radius 3 is 2.28 bits per heavy atom. The number of ether oxygens (including phenoxy) is 1. The van der Waals surface area contributed by atoms with Crippen molar-refractivity contribution in [2.45, 2.75) is 39.5 Å². The highest BCUT2D eigenvalue weighted by Gasteiger charge is 2.06. The molecule has 0 radical (unpaired) electrons. The number of hydrogen-bond donors (Lipinski definition) is 1. The molecule has 0 aromatic heterocycles. The number of benzene rings is 2. The summed E-state index contributed by atoms with van der Waals surface area (Å²) >= 11 is 0. The first kappa shape index (κ1) is 25.0. The molecule has 0 atom stereocenters. The van der Waals surface area contributed by atoms with Crippen LogP contribution in [0.2, 0.25) is 0 Å². The number of halogens is 1. The van der Waals surface area contributed by atoms with Gasteiger partial charge in [-0.25, -0.2) is 0 Å². The number of rotatable bonds is 13. The van der Waals surface area contributed by atoms with Crippen LogP contribution in [0.4, 0.5) is 0 Å². The minimum Gasteiger partial charge on any atom is -0.494 e. The molecule has 2 aromatic carbocycles. The van der Waals surface area contributed by atoms with E-state index in [4.69, 9.17) is 4.74 Å². The van der Waals surface area contributed by atoms with Crippen LogP contribution in [0.15, 0.2) is 54.6 Å². The minimum absolute atomic E-state index is 0. The third kappa shape index (κ3) is 9.82. The summed E-state index contributed by atoms with van der Waals surface area (Å²) in [6.45, 7) is 8.53. The average Bonchev–Trinajstić information content (AvgIpc) is 2.74. The Balaban J connectivity index is 0.00000420. The molecule has 1 amide bonds. The van der Waals surface area contributed by atoms with Crippen molar-refractivity contribution in [2.75, 3.05) is 32.8 Å². The Hall–Kier alpha value is -2.04. The zero-order valence-electron chi connectivity index (χ0n) is 17.7. The first-order valence-corrected chi connectivity index (χ1v) is 10.5. The van der Waals surface area contributed by atoms with E-state index >= 15 is 0 Å². The van der Waals surface area contributed by atoms with Crippen LogP contribution < -0.4 is 10.1 Å². The molecule has 0 aliphatic carbocycles. The maximum absolute atomic E-state index is 12.2. The average molecular weight is 419 g/mol. The largest absolute Gasteiger partial charge is 0.494 e.